The van der Waals surface area contributed by atoms with Gasteiger partial charge in [-0.1, -0.05) is 18.2 Å². The van der Waals surface area contributed by atoms with Crippen LogP contribution in [0.5, 0.6) is 17.2 Å². The molecule has 0 unspecified atom stereocenters. The van der Waals surface area contributed by atoms with Gasteiger partial charge in [0.05, 0.1) is 11.4 Å². The Morgan fingerprint density at radius 1 is 1.12 bits per heavy atom. The maximum absolute atomic E-state index is 12.5. The van der Waals surface area contributed by atoms with Crippen molar-refractivity contribution in [1.82, 2.24) is 4.90 Å². The second-order valence-corrected chi connectivity index (χ2v) is 6.54. The summed E-state index contributed by atoms with van der Waals surface area (Å²) >= 11 is 0.888. The van der Waals surface area contributed by atoms with E-state index in [-0.39, 0.29) is 30.2 Å². The molecule has 2 heterocycles. The molecule has 2 aromatic carbocycles. The number of aromatic hydroxyl groups is 1. The van der Waals surface area contributed by atoms with Gasteiger partial charge in [-0.25, -0.2) is 0 Å². The summed E-state index contributed by atoms with van der Waals surface area (Å²) in [6.45, 7) is 0.339. The normalized spacial score (nSPS) is 17.6. The van der Waals surface area contributed by atoms with Crippen molar-refractivity contribution < 1.29 is 24.2 Å². The van der Waals surface area contributed by atoms with Crippen molar-refractivity contribution in [3.8, 4) is 17.2 Å². The van der Waals surface area contributed by atoms with Gasteiger partial charge in [-0.3, -0.25) is 14.5 Å². The van der Waals surface area contributed by atoms with Crippen LogP contribution >= 0.6 is 11.8 Å². The molecule has 4 rings (SSSR count). The molecule has 2 aliphatic rings. The molecule has 1 saturated heterocycles. The predicted octanol–water partition coefficient (Wildman–Crippen LogP) is 3.36. The Balaban J connectivity index is 1.55. The summed E-state index contributed by atoms with van der Waals surface area (Å²) in [6, 6.07) is 11.8. The number of hydrogen-bond donors (Lipinski definition) is 1. The number of phenols is 1. The van der Waals surface area contributed by atoms with Crippen molar-refractivity contribution in [2.45, 2.75) is 6.54 Å². The number of ether oxygens (including phenoxy) is 2. The topological polar surface area (TPSA) is 76.1 Å². The number of hydrogen-bond acceptors (Lipinski definition) is 6. The zero-order valence-corrected chi connectivity index (χ0v) is 13.8. The van der Waals surface area contributed by atoms with E-state index in [2.05, 4.69) is 0 Å². The van der Waals surface area contributed by atoms with Crippen LogP contribution < -0.4 is 9.47 Å². The molecule has 2 aromatic rings. The van der Waals surface area contributed by atoms with Gasteiger partial charge in [0, 0.05) is 0 Å². The average Bonchev–Trinajstić information content (AvgIpc) is 3.15. The van der Waals surface area contributed by atoms with Crippen LogP contribution in [0.25, 0.3) is 6.08 Å². The van der Waals surface area contributed by atoms with E-state index in [9.17, 15) is 14.7 Å². The lowest BCUT2D eigenvalue weighted by Crippen LogP contribution is -2.27. The molecule has 0 aliphatic carbocycles. The summed E-state index contributed by atoms with van der Waals surface area (Å²) in [6.07, 6.45) is 1.60. The number of thioether (sulfide) groups is 1. The smallest absolute Gasteiger partial charge is 0.293 e. The van der Waals surface area contributed by atoms with Crippen molar-refractivity contribution >= 4 is 29.0 Å². The van der Waals surface area contributed by atoms with Gasteiger partial charge < -0.3 is 14.6 Å². The summed E-state index contributed by atoms with van der Waals surface area (Å²) in [4.78, 5) is 26.3. The highest BCUT2D eigenvalue weighted by Crippen LogP contribution is 2.36. The molecule has 2 amide bonds. The SMILES string of the molecule is O=C1S/C(=C\c2cccc(O)c2)C(=O)N1Cc1ccc2c(c1)OCO2. The quantitative estimate of drug-likeness (QED) is 0.851. The van der Waals surface area contributed by atoms with Gasteiger partial charge in [0.1, 0.15) is 5.75 Å². The molecule has 0 aromatic heterocycles. The molecule has 0 bridgehead atoms. The lowest BCUT2D eigenvalue weighted by molar-refractivity contribution is -0.123. The number of imide groups is 1. The second kappa shape index (κ2) is 6.18. The van der Waals surface area contributed by atoms with Crippen LogP contribution in [-0.4, -0.2) is 27.9 Å². The van der Waals surface area contributed by atoms with Gasteiger partial charge in [0.2, 0.25) is 6.79 Å². The standard InChI is InChI=1S/C18H13NO5S/c20-13-3-1-2-11(6-13)8-16-17(21)19(18(22)25-16)9-12-4-5-14-15(7-12)24-10-23-14/h1-8,20H,9-10H2/b16-8-. The fourth-order valence-corrected chi connectivity index (χ4v) is 3.46. The van der Waals surface area contributed by atoms with E-state index in [1.165, 1.54) is 11.0 Å². The number of benzene rings is 2. The van der Waals surface area contributed by atoms with Crippen molar-refractivity contribution in [3.05, 3.63) is 58.5 Å². The van der Waals surface area contributed by atoms with E-state index in [0.29, 0.717) is 22.0 Å². The Labute approximate surface area is 147 Å². The van der Waals surface area contributed by atoms with Crippen molar-refractivity contribution in [2.24, 2.45) is 0 Å². The highest BCUT2D eigenvalue weighted by atomic mass is 32.2. The van der Waals surface area contributed by atoms with E-state index in [0.717, 1.165) is 17.3 Å². The lowest BCUT2D eigenvalue weighted by atomic mass is 10.1. The van der Waals surface area contributed by atoms with Gasteiger partial charge in [-0.2, -0.15) is 0 Å². The van der Waals surface area contributed by atoms with Crippen LogP contribution in [-0.2, 0) is 11.3 Å². The monoisotopic (exact) mass is 355 g/mol. The number of phenolic OH excluding ortho intramolecular Hbond substituents is 1. The Morgan fingerprint density at radius 2 is 1.96 bits per heavy atom. The van der Waals surface area contributed by atoms with Gasteiger partial charge in [-0.05, 0) is 53.2 Å². The fourth-order valence-electron chi connectivity index (χ4n) is 2.62. The number of fused-ring (bicyclic) bond motifs is 1. The molecule has 6 nitrogen and oxygen atoms in total. The number of amides is 2. The van der Waals surface area contributed by atoms with Crippen LogP contribution in [0.3, 0.4) is 0 Å². The summed E-state index contributed by atoms with van der Waals surface area (Å²) in [7, 11) is 0. The van der Waals surface area contributed by atoms with Gasteiger partial charge in [-0.15, -0.1) is 0 Å². The minimum Gasteiger partial charge on any atom is -0.508 e. The number of nitrogens with zero attached hydrogens (tertiary/aromatic N) is 1. The van der Waals surface area contributed by atoms with Crippen molar-refractivity contribution in [1.29, 1.82) is 0 Å². The summed E-state index contributed by atoms with van der Waals surface area (Å²) in [5.41, 5.74) is 1.44. The first-order valence-corrected chi connectivity index (χ1v) is 8.35. The maximum atomic E-state index is 12.5. The predicted molar refractivity (Wildman–Crippen MR) is 92.2 cm³/mol. The third kappa shape index (κ3) is 3.06. The molecular formula is C18H13NO5S. The zero-order chi connectivity index (χ0) is 17.4. The van der Waals surface area contributed by atoms with Crippen LogP contribution in [0.4, 0.5) is 4.79 Å². The third-order valence-corrected chi connectivity index (χ3v) is 4.73. The summed E-state index contributed by atoms with van der Waals surface area (Å²) in [5, 5.41) is 9.18. The molecular weight excluding hydrogens is 342 g/mol. The molecule has 7 heteroatoms. The Morgan fingerprint density at radius 3 is 2.80 bits per heavy atom. The Kier molecular flexibility index (Phi) is 3.85. The summed E-state index contributed by atoms with van der Waals surface area (Å²) < 4.78 is 10.6. The first-order chi connectivity index (χ1) is 12.1. The number of rotatable bonds is 3. The van der Waals surface area contributed by atoms with Crippen LogP contribution in [0.15, 0.2) is 47.4 Å². The third-order valence-electron chi connectivity index (χ3n) is 3.82. The minimum absolute atomic E-state index is 0.105. The molecule has 1 fully saturated rings. The van der Waals surface area contributed by atoms with E-state index < -0.39 is 0 Å². The highest BCUT2D eigenvalue weighted by Gasteiger charge is 2.35. The van der Waals surface area contributed by atoms with Crippen LogP contribution in [0, 0.1) is 0 Å². The largest absolute Gasteiger partial charge is 0.508 e. The van der Waals surface area contributed by atoms with E-state index in [1.807, 2.05) is 0 Å². The molecule has 0 saturated carbocycles. The van der Waals surface area contributed by atoms with E-state index >= 15 is 0 Å². The second-order valence-electron chi connectivity index (χ2n) is 5.55. The lowest BCUT2D eigenvalue weighted by Gasteiger charge is -2.12. The highest BCUT2D eigenvalue weighted by molar-refractivity contribution is 8.18. The molecule has 25 heavy (non-hydrogen) atoms. The number of carbonyl (C=O) groups is 2. The van der Waals surface area contributed by atoms with Crippen molar-refractivity contribution in [2.75, 3.05) is 6.79 Å². The molecule has 0 radical (unpaired) electrons. The molecule has 2 aliphatic heterocycles. The van der Waals surface area contributed by atoms with Crippen LogP contribution in [0.1, 0.15) is 11.1 Å². The summed E-state index contributed by atoms with van der Waals surface area (Å²) in [5.74, 6) is 1.02. The Hall–Kier alpha value is -2.93. The van der Waals surface area contributed by atoms with Gasteiger partial charge in [0.25, 0.3) is 11.1 Å². The van der Waals surface area contributed by atoms with Gasteiger partial charge >= 0.3 is 0 Å². The average molecular weight is 355 g/mol. The maximum Gasteiger partial charge on any atom is 0.293 e. The molecule has 0 atom stereocenters. The fraction of sp³-hybridized carbons (Fsp3) is 0.111. The first-order valence-electron chi connectivity index (χ1n) is 7.53. The van der Waals surface area contributed by atoms with E-state index in [4.69, 9.17) is 9.47 Å². The van der Waals surface area contributed by atoms with Crippen LogP contribution in [0.2, 0.25) is 0 Å². The zero-order valence-electron chi connectivity index (χ0n) is 13.0. The number of carbonyl (C=O) groups excluding carboxylic acids is 2. The van der Waals surface area contributed by atoms with Gasteiger partial charge in [0.15, 0.2) is 11.5 Å². The van der Waals surface area contributed by atoms with E-state index in [1.54, 1.807) is 42.5 Å². The Bertz CT molecular complexity index is 908. The molecule has 1 N–H and O–H groups in total. The first kappa shape index (κ1) is 15.6. The molecule has 0 spiro atoms. The molecule has 126 valence electrons. The minimum atomic E-state index is -0.351. The van der Waals surface area contributed by atoms with Crippen molar-refractivity contribution in [3.63, 3.8) is 0 Å².